The van der Waals surface area contributed by atoms with Crippen LogP contribution in [0, 0.1) is 11.3 Å². The number of hydrogen-bond acceptors (Lipinski definition) is 3. The van der Waals surface area contributed by atoms with E-state index in [2.05, 4.69) is 6.07 Å². The molecule has 0 saturated heterocycles. The monoisotopic (exact) mass is 266 g/mol. The molecule has 3 rings (SSSR count). The second-order valence-corrected chi connectivity index (χ2v) is 5.18. The molecule has 92 valence electrons. The Labute approximate surface area is 114 Å². The van der Waals surface area contributed by atoms with Gasteiger partial charge in [0.2, 0.25) is 0 Å². The first-order valence-electron chi connectivity index (χ1n) is 5.83. The molecule has 2 heterocycles. The van der Waals surface area contributed by atoms with Gasteiger partial charge in [0.05, 0.1) is 22.9 Å². The first-order valence-corrected chi connectivity index (χ1v) is 6.71. The summed E-state index contributed by atoms with van der Waals surface area (Å²) in [5.74, 6) is 0. The van der Waals surface area contributed by atoms with Crippen LogP contribution in [0.15, 0.2) is 52.8 Å². The zero-order chi connectivity index (χ0) is 13.2. The number of nitrogens with zero attached hydrogens (tertiary/aromatic N) is 2. The molecule has 0 bridgehead atoms. The molecule has 1 aromatic carbocycles. The maximum atomic E-state index is 12.2. The van der Waals surface area contributed by atoms with Crippen LogP contribution in [0.1, 0.15) is 11.1 Å². The Morgan fingerprint density at radius 3 is 2.68 bits per heavy atom. The summed E-state index contributed by atoms with van der Waals surface area (Å²) in [6, 6.07) is 13.3. The van der Waals surface area contributed by atoms with Gasteiger partial charge in [0, 0.05) is 6.20 Å². The Kier molecular flexibility index (Phi) is 2.90. The van der Waals surface area contributed by atoms with E-state index in [4.69, 9.17) is 5.26 Å². The van der Waals surface area contributed by atoms with E-state index in [-0.39, 0.29) is 5.56 Å². The highest BCUT2D eigenvalue weighted by atomic mass is 32.1. The fourth-order valence-corrected chi connectivity index (χ4v) is 2.84. The molecule has 19 heavy (non-hydrogen) atoms. The lowest BCUT2D eigenvalue weighted by atomic mass is 10.1. The Bertz CT molecular complexity index is 822. The highest BCUT2D eigenvalue weighted by Gasteiger charge is 2.04. The van der Waals surface area contributed by atoms with Gasteiger partial charge in [-0.25, -0.2) is 0 Å². The second-order valence-electron chi connectivity index (χ2n) is 4.26. The number of thiophene rings is 1. The lowest BCUT2D eigenvalue weighted by molar-refractivity contribution is 0.769. The van der Waals surface area contributed by atoms with E-state index < -0.39 is 0 Å². The zero-order valence-electron chi connectivity index (χ0n) is 10.0. The molecule has 0 aliphatic carbocycles. The topological polar surface area (TPSA) is 45.8 Å². The van der Waals surface area contributed by atoms with Crippen molar-refractivity contribution in [1.82, 2.24) is 4.57 Å². The summed E-state index contributed by atoms with van der Waals surface area (Å²) in [6.07, 6.45) is 1.82. The first-order chi connectivity index (χ1) is 9.28. The third-order valence-electron chi connectivity index (χ3n) is 3.02. The van der Waals surface area contributed by atoms with Crippen molar-refractivity contribution in [2.24, 2.45) is 0 Å². The van der Waals surface area contributed by atoms with E-state index in [1.54, 1.807) is 16.7 Å². The van der Waals surface area contributed by atoms with Gasteiger partial charge in [-0.05, 0) is 40.6 Å². The molecule has 0 spiro atoms. The maximum Gasteiger partial charge on any atom is 0.268 e. The van der Waals surface area contributed by atoms with Gasteiger partial charge in [-0.3, -0.25) is 4.79 Å². The lowest BCUT2D eigenvalue weighted by Crippen LogP contribution is -2.19. The van der Waals surface area contributed by atoms with Crippen LogP contribution in [0.3, 0.4) is 0 Å². The Balaban J connectivity index is 1.98. The van der Waals surface area contributed by atoms with Crippen molar-refractivity contribution in [3.05, 3.63) is 69.5 Å². The van der Waals surface area contributed by atoms with Crippen LogP contribution < -0.4 is 5.56 Å². The van der Waals surface area contributed by atoms with Gasteiger partial charge in [0.15, 0.2) is 0 Å². The molecule has 2 aromatic heterocycles. The van der Waals surface area contributed by atoms with Gasteiger partial charge in [0.25, 0.3) is 5.56 Å². The van der Waals surface area contributed by atoms with Crippen molar-refractivity contribution in [3.63, 3.8) is 0 Å². The van der Waals surface area contributed by atoms with E-state index in [1.807, 2.05) is 35.8 Å². The largest absolute Gasteiger partial charge is 0.310 e. The average molecular weight is 266 g/mol. The lowest BCUT2D eigenvalue weighted by Gasteiger charge is -2.05. The summed E-state index contributed by atoms with van der Waals surface area (Å²) in [7, 11) is 0. The van der Waals surface area contributed by atoms with Crippen molar-refractivity contribution in [2.45, 2.75) is 6.54 Å². The Morgan fingerprint density at radius 2 is 1.95 bits per heavy atom. The minimum absolute atomic E-state index is 0.0388. The molecule has 0 aliphatic heterocycles. The zero-order valence-corrected chi connectivity index (χ0v) is 10.9. The van der Waals surface area contributed by atoms with Crippen LogP contribution in [0.25, 0.3) is 10.1 Å². The molecule has 0 amide bonds. The Hall–Kier alpha value is -2.38. The average Bonchev–Trinajstić information content (AvgIpc) is 2.92. The molecular formula is C15H10N2OS. The summed E-state index contributed by atoms with van der Waals surface area (Å²) < 4.78 is 2.48. The minimum Gasteiger partial charge on any atom is -0.310 e. The van der Waals surface area contributed by atoms with Crippen LogP contribution in [-0.2, 0) is 6.54 Å². The molecule has 0 aliphatic rings. The smallest absolute Gasteiger partial charge is 0.268 e. The van der Waals surface area contributed by atoms with Crippen LogP contribution in [-0.4, -0.2) is 4.57 Å². The highest BCUT2D eigenvalue weighted by molar-refractivity contribution is 7.17. The summed E-state index contributed by atoms with van der Waals surface area (Å²) in [5, 5.41) is 11.7. The molecule has 0 atom stereocenters. The van der Waals surface area contributed by atoms with Crippen molar-refractivity contribution < 1.29 is 0 Å². The van der Waals surface area contributed by atoms with E-state index in [0.717, 1.165) is 15.6 Å². The van der Waals surface area contributed by atoms with Crippen LogP contribution in [0.2, 0.25) is 0 Å². The first kappa shape index (κ1) is 11.7. The number of pyridine rings is 1. The number of rotatable bonds is 2. The summed E-state index contributed by atoms with van der Waals surface area (Å²) >= 11 is 1.47. The molecule has 0 radical (unpaired) electrons. The summed E-state index contributed by atoms with van der Waals surface area (Å²) in [4.78, 5) is 12.2. The number of nitriles is 1. The van der Waals surface area contributed by atoms with Crippen LogP contribution >= 0.6 is 11.3 Å². The quantitative estimate of drug-likeness (QED) is 0.715. The van der Waals surface area contributed by atoms with E-state index in [9.17, 15) is 4.79 Å². The van der Waals surface area contributed by atoms with Crippen LogP contribution in [0.4, 0.5) is 0 Å². The molecule has 0 saturated carbocycles. The van der Waals surface area contributed by atoms with E-state index >= 15 is 0 Å². The van der Waals surface area contributed by atoms with E-state index in [0.29, 0.717) is 12.1 Å². The van der Waals surface area contributed by atoms with E-state index in [1.165, 1.54) is 11.3 Å². The molecule has 3 nitrogen and oxygen atoms in total. The van der Waals surface area contributed by atoms with Crippen molar-refractivity contribution in [3.8, 4) is 6.07 Å². The highest BCUT2D eigenvalue weighted by Crippen LogP contribution is 2.16. The normalized spacial score (nSPS) is 10.5. The molecule has 4 heteroatoms. The second kappa shape index (κ2) is 4.71. The predicted octanol–water partition coefficient (Wildman–Crippen LogP) is 2.98. The fraction of sp³-hybridized carbons (Fsp3) is 0.0667. The van der Waals surface area contributed by atoms with Gasteiger partial charge >= 0.3 is 0 Å². The summed E-state index contributed by atoms with van der Waals surface area (Å²) in [5.41, 5.74) is 1.68. The fourth-order valence-electron chi connectivity index (χ4n) is 2.00. The molecule has 0 unspecified atom stereocenters. The standard InChI is InChI=1S/C15H10N2OS/c16-9-11-1-3-12(4-2-11)10-17-7-5-13-6-8-19-14(13)15(17)18/h1-8H,10H2. The van der Waals surface area contributed by atoms with Gasteiger partial charge in [-0.1, -0.05) is 12.1 Å². The Morgan fingerprint density at radius 1 is 1.16 bits per heavy atom. The maximum absolute atomic E-state index is 12.2. The van der Waals surface area contributed by atoms with Crippen molar-refractivity contribution in [2.75, 3.05) is 0 Å². The number of benzene rings is 1. The number of fused-ring (bicyclic) bond motifs is 1. The van der Waals surface area contributed by atoms with Crippen molar-refractivity contribution in [1.29, 1.82) is 5.26 Å². The molecule has 3 aromatic rings. The minimum atomic E-state index is 0.0388. The number of aromatic nitrogens is 1. The van der Waals surface area contributed by atoms with Gasteiger partial charge in [-0.2, -0.15) is 5.26 Å². The van der Waals surface area contributed by atoms with Gasteiger partial charge in [-0.15, -0.1) is 11.3 Å². The van der Waals surface area contributed by atoms with Gasteiger partial charge in [0.1, 0.15) is 0 Å². The third-order valence-corrected chi connectivity index (χ3v) is 3.94. The van der Waals surface area contributed by atoms with Gasteiger partial charge < -0.3 is 4.57 Å². The SMILES string of the molecule is N#Cc1ccc(Cn2ccc3ccsc3c2=O)cc1. The van der Waals surface area contributed by atoms with Crippen LogP contribution in [0.5, 0.6) is 0 Å². The molecule has 0 fully saturated rings. The number of hydrogen-bond donors (Lipinski definition) is 0. The molecule has 0 N–H and O–H groups in total. The predicted molar refractivity (Wildman–Crippen MR) is 76.3 cm³/mol. The molecular weight excluding hydrogens is 256 g/mol. The summed E-state index contributed by atoms with van der Waals surface area (Å²) in [6.45, 7) is 0.526. The van der Waals surface area contributed by atoms with Crippen molar-refractivity contribution >= 4 is 21.4 Å². The third kappa shape index (κ3) is 2.16.